The number of aryl methyl sites for hydroxylation is 1. The van der Waals surface area contributed by atoms with Crippen molar-refractivity contribution in [1.29, 1.82) is 0 Å². The van der Waals surface area contributed by atoms with Gasteiger partial charge >= 0.3 is 5.97 Å². The van der Waals surface area contributed by atoms with Gasteiger partial charge in [-0.2, -0.15) is 4.31 Å². The molecule has 5 rings (SSSR count). The third kappa shape index (κ3) is 6.92. The van der Waals surface area contributed by atoms with Gasteiger partial charge in [-0.1, -0.05) is 60.2 Å². The zero-order valence-electron chi connectivity index (χ0n) is 25.5. The monoisotopic (exact) mass is 626 g/mol. The van der Waals surface area contributed by atoms with E-state index in [1.54, 1.807) is 62.6 Å². The summed E-state index contributed by atoms with van der Waals surface area (Å²) in [6.45, 7) is 3.90. The van der Waals surface area contributed by atoms with Crippen LogP contribution in [0.5, 0.6) is 5.75 Å². The topological polar surface area (TPSA) is 106 Å². The number of benzene rings is 3. The Morgan fingerprint density at radius 2 is 1.56 bits per heavy atom. The predicted molar refractivity (Wildman–Crippen MR) is 169 cm³/mol. The Kier molecular flexibility index (Phi) is 9.36. The smallest absolute Gasteiger partial charge is 0.340 e. The quantitative estimate of drug-likeness (QED) is 0.152. The molecular formula is C35H34N2O7S. The number of sulfonamides is 1. The van der Waals surface area contributed by atoms with Gasteiger partial charge in [-0.25, -0.2) is 13.2 Å². The Hall–Kier alpha value is -4.93. The molecule has 10 heteroatoms. The van der Waals surface area contributed by atoms with Gasteiger partial charge in [0.25, 0.3) is 5.91 Å². The average molecular weight is 627 g/mol. The largest absolute Gasteiger partial charge is 0.497 e. The number of rotatable bonds is 11. The van der Waals surface area contributed by atoms with E-state index < -0.39 is 16.0 Å². The van der Waals surface area contributed by atoms with E-state index in [2.05, 4.69) is 0 Å². The number of allylic oxidation sites excluding steroid dienone is 1. The van der Waals surface area contributed by atoms with Crippen molar-refractivity contribution in [3.05, 3.63) is 136 Å². The Bertz CT molecular complexity index is 1860. The molecule has 0 radical (unpaired) electrons. The van der Waals surface area contributed by atoms with Gasteiger partial charge in [0, 0.05) is 12.2 Å². The van der Waals surface area contributed by atoms with Gasteiger partial charge in [0.05, 0.1) is 43.4 Å². The van der Waals surface area contributed by atoms with E-state index in [4.69, 9.17) is 13.9 Å². The number of furan rings is 1. The van der Waals surface area contributed by atoms with E-state index in [1.165, 1.54) is 22.4 Å². The summed E-state index contributed by atoms with van der Waals surface area (Å²) in [6.07, 6.45) is 1.49. The number of carbonyl (C=O) groups excluding carboxylic acids is 2. The highest BCUT2D eigenvalue weighted by molar-refractivity contribution is 7.89. The van der Waals surface area contributed by atoms with Gasteiger partial charge in [-0.15, -0.1) is 0 Å². The molecule has 4 aromatic rings. The average Bonchev–Trinajstić information content (AvgIpc) is 3.58. The summed E-state index contributed by atoms with van der Waals surface area (Å²) in [5, 5.41) is 0. The van der Waals surface area contributed by atoms with E-state index in [-0.39, 0.29) is 41.6 Å². The van der Waals surface area contributed by atoms with Crippen LogP contribution in [0.15, 0.2) is 117 Å². The molecule has 1 amide bonds. The van der Waals surface area contributed by atoms with Crippen LogP contribution in [0.4, 0.5) is 0 Å². The fraction of sp³-hybridized carbons (Fsp3) is 0.200. The summed E-state index contributed by atoms with van der Waals surface area (Å²) in [4.78, 5) is 28.1. The zero-order valence-corrected chi connectivity index (χ0v) is 26.3. The first kappa shape index (κ1) is 31.5. The highest BCUT2D eigenvalue weighted by atomic mass is 32.2. The number of amides is 1. The van der Waals surface area contributed by atoms with Crippen LogP contribution in [0, 0.1) is 6.92 Å². The van der Waals surface area contributed by atoms with Crippen molar-refractivity contribution in [2.45, 2.75) is 38.4 Å². The Morgan fingerprint density at radius 3 is 2.20 bits per heavy atom. The molecule has 0 aliphatic carbocycles. The predicted octanol–water partition coefficient (Wildman–Crippen LogP) is 5.86. The van der Waals surface area contributed by atoms with Crippen LogP contribution < -0.4 is 4.74 Å². The third-order valence-corrected chi connectivity index (χ3v) is 9.37. The first-order valence-corrected chi connectivity index (χ1v) is 15.7. The second-order valence-corrected chi connectivity index (χ2v) is 12.6. The molecule has 9 nitrogen and oxygen atoms in total. The number of methoxy groups -OCH3 is 2. The summed E-state index contributed by atoms with van der Waals surface area (Å²) < 4.78 is 45.1. The lowest BCUT2D eigenvalue weighted by molar-refractivity contribution is -0.136. The van der Waals surface area contributed by atoms with Crippen molar-refractivity contribution in [1.82, 2.24) is 9.21 Å². The van der Waals surface area contributed by atoms with Gasteiger partial charge in [-0.05, 0) is 67.4 Å². The lowest BCUT2D eigenvalue weighted by Crippen LogP contribution is -2.30. The molecule has 0 bridgehead atoms. The van der Waals surface area contributed by atoms with Crippen molar-refractivity contribution in [2.75, 3.05) is 14.2 Å². The molecule has 0 saturated heterocycles. The van der Waals surface area contributed by atoms with Gasteiger partial charge in [0.2, 0.25) is 10.0 Å². The first-order chi connectivity index (χ1) is 21.6. The molecule has 1 aromatic heterocycles. The molecule has 1 aliphatic heterocycles. The second kappa shape index (κ2) is 13.4. The summed E-state index contributed by atoms with van der Waals surface area (Å²) in [7, 11) is -1.05. The molecule has 232 valence electrons. The lowest BCUT2D eigenvalue weighted by Gasteiger charge is -2.21. The maximum absolute atomic E-state index is 13.7. The van der Waals surface area contributed by atoms with Crippen LogP contribution in [0.3, 0.4) is 0 Å². The maximum Gasteiger partial charge on any atom is 0.340 e. The van der Waals surface area contributed by atoms with Crippen molar-refractivity contribution in [3.8, 4) is 5.75 Å². The molecule has 0 N–H and O–H groups in total. The van der Waals surface area contributed by atoms with Crippen LogP contribution in [0.25, 0.3) is 6.08 Å². The van der Waals surface area contributed by atoms with E-state index in [0.717, 1.165) is 16.7 Å². The van der Waals surface area contributed by atoms with Gasteiger partial charge < -0.3 is 18.8 Å². The first-order valence-electron chi connectivity index (χ1n) is 14.3. The van der Waals surface area contributed by atoms with Crippen LogP contribution in [0.2, 0.25) is 0 Å². The normalized spacial score (nSPS) is 14.5. The van der Waals surface area contributed by atoms with Crippen LogP contribution in [0.1, 0.15) is 35.1 Å². The maximum atomic E-state index is 13.7. The fourth-order valence-corrected chi connectivity index (χ4v) is 6.47. The molecule has 3 aromatic carbocycles. The van der Waals surface area contributed by atoms with Crippen LogP contribution in [-0.4, -0.2) is 43.7 Å². The minimum absolute atomic E-state index is 0.0510. The number of carbonyl (C=O) groups is 2. The molecule has 45 heavy (non-hydrogen) atoms. The van der Waals surface area contributed by atoms with Crippen molar-refractivity contribution in [3.63, 3.8) is 0 Å². The highest BCUT2D eigenvalue weighted by Crippen LogP contribution is 2.33. The van der Waals surface area contributed by atoms with E-state index in [1.807, 2.05) is 49.4 Å². The standard InChI is InChI=1S/C35H34N2O7S/c1-24-10-18-31(19-11-24)45(40,41)36(21-26-8-6-5-7-9-26)23-30-17-16-29(44-30)20-32-33(35(39)43-4)25(2)37(34(32)38)22-27-12-14-28(42-3)15-13-27/h5-20H,21-23H2,1-4H3/b32-20+. The summed E-state index contributed by atoms with van der Waals surface area (Å²) in [6, 6.07) is 26.6. The molecule has 0 saturated carbocycles. The zero-order chi connectivity index (χ0) is 32.1. The molecule has 0 atom stereocenters. The SMILES string of the molecule is COC(=O)C1=C(C)N(Cc2ccc(OC)cc2)C(=O)/C1=C/c1ccc(CN(Cc2ccccc2)S(=O)(=O)c2ccc(C)cc2)o1. The second-order valence-electron chi connectivity index (χ2n) is 10.6. The Labute approximate surface area is 263 Å². The highest BCUT2D eigenvalue weighted by Gasteiger charge is 2.37. The van der Waals surface area contributed by atoms with E-state index >= 15 is 0 Å². The fourth-order valence-electron chi connectivity index (χ4n) is 5.08. The number of esters is 1. The number of hydrogen-bond donors (Lipinski definition) is 0. The number of ether oxygens (including phenoxy) is 2. The van der Waals surface area contributed by atoms with Crippen LogP contribution in [-0.2, 0) is 44.0 Å². The molecule has 0 fully saturated rings. The van der Waals surface area contributed by atoms with Crippen molar-refractivity contribution in [2.24, 2.45) is 0 Å². The van der Waals surface area contributed by atoms with Crippen molar-refractivity contribution < 1.29 is 31.9 Å². The Morgan fingerprint density at radius 1 is 0.867 bits per heavy atom. The summed E-state index contributed by atoms with van der Waals surface area (Å²) >= 11 is 0. The number of hydrogen-bond acceptors (Lipinski definition) is 7. The molecular weight excluding hydrogens is 592 g/mol. The van der Waals surface area contributed by atoms with Gasteiger partial charge in [-0.3, -0.25) is 4.79 Å². The van der Waals surface area contributed by atoms with Gasteiger partial charge in [0.1, 0.15) is 17.3 Å². The van der Waals surface area contributed by atoms with E-state index in [0.29, 0.717) is 23.0 Å². The van der Waals surface area contributed by atoms with Gasteiger partial charge in [0.15, 0.2) is 0 Å². The minimum atomic E-state index is -3.89. The van der Waals surface area contributed by atoms with Crippen LogP contribution >= 0.6 is 0 Å². The third-order valence-electron chi connectivity index (χ3n) is 7.56. The molecule has 0 spiro atoms. The minimum Gasteiger partial charge on any atom is -0.497 e. The summed E-state index contributed by atoms with van der Waals surface area (Å²) in [5.74, 6) is 0.330. The van der Waals surface area contributed by atoms with Crippen molar-refractivity contribution >= 4 is 28.0 Å². The molecule has 1 aliphatic rings. The lowest BCUT2D eigenvalue weighted by atomic mass is 10.1. The molecule has 2 heterocycles. The number of nitrogens with zero attached hydrogens (tertiary/aromatic N) is 2. The molecule has 0 unspecified atom stereocenters. The Balaban J connectivity index is 1.44. The van der Waals surface area contributed by atoms with E-state index in [9.17, 15) is 18.0 Å². The summed E-state index contributed by atoms with van der Waals surface area (Å²) in [5.41, 5.74) is 3.34.